The van der Waals surface area contributed by atoms with Crippen molar-refractivity contribution in [2.24, 2.45) is 5.92 Å². The monoisotopic (exact) mass is 320 g/mol. The number of hydrogen-bond donors (Lipinski definition) is 2. The minimum atomic E-state index is -0.966. The Morgan fingerprint density at radius 2 is 2.27 bits per heavy atom. The van der Waals surface area contributed by atoms with Crippen LogP contribution in [0.15, 0.2) is 24.5 Å². The van der Waals surface area contributed by atoms with Crippen LogP contribution in [0.5, 0.6) is 0 Å². The summed E-state index contributed by atoms with van der Waals surface area (Å²) in [5.41, 5.74) is 1.47. The summed E-state index contributed by atoms with van der Waals surface area (Å²) in [5.74, 6) is 0.154. The highest BCUT2D eigenvalue weighted by atomic mass is 32.1. The zero-order valence-corrected chi connectivity index (χ0v) is 13.0. The maximum absolute atomic E-state index is 11.3. The summed E-state index contributed by atoms with van der Waals surface area (Å²) in [5, 5.41) is 23.5. The largest absolute Gasteiger partial charge is 0.465 e. The van der Waals surface area contributed by atoms with Gasteiger partial charge in [0, 0.05) is 11.8 Å². The summed E-state index contributed by atoms with van der Waals surface area (Å²) in [6.07, 6.45) is 5.96. The molecule has 3 rings (SSSR count). The number of fused-ring (bicyclic) bond motifs is 1. The molecule has 0 saturated carbocycles. The molecule has 0 spiro atoms. The molecule has 1 aliphatic heterocycles. The summed E-state index contributed by atoms with van der Waals surface area (Å²) < 4.78 is 1.63. The molecule has 3 heterocycles. The van der Waals surface area contributed by atoms with Gasteiger partial charge in [-0.3, -0.25) is 4.90 Å². The van der Waals surface area contributed by atoms with Crippen molar-refractivity contribution < 1.29 is 15.0 Å². The van der Waals surface area contributed by atoms with Gasteiger partial charge in [0.15, 0.2) is 0 Å². The molecule has 0 radical (unpaired) electrons. The van der Waals surface area contributed by atoms with Crippen molar-refractivity contribution in [2.45, 2.75) is 26.5 Å². The average Bonchev–Trinajstić information content (AvgIpc) is 3.04. The highest BCUT2D eigenvalue weighted by Gasteiger charge is 2.26. The molecule has 7 nitrogen and oxygen atoms in total. The second kappa shape index (κ2) is 5.54. The minimum Gasteiger partial charge on any atom is -0.465 e. The van der Waals surface area contributed by atoms with E-state index >= 15 is 0 Å². The molecule has 0 aromatic carbocycles. The lowest BCUT2D eigenvalue weighted by molar-refractivity contribution is 0.146. The molecule has 116 valence electrons. The van der Waals surface area contributed by atoms with E-state index in [1.54, 1.807) is 23.0 Å². The van der Waals surface area contributed by atoms with Crippen LogP contribution in [-0.2, 0) is 6.61 Å². The van der Waals surface area contributed by atoms with Crippen molar-refractivity contribution in [1.29, 1.82) is 0 Å². The van der Waals surface area contributed by atoms with Crippen LogP contribution in [0.4, 0.5) is 4.79 Å². The first-order chi connectivity index (χ1) is 10.5. The van der Waals surface area contributed by atoms with Crippen LogP contribution in [0, 0.1) is 5.92 Å². The van der Waals surface area contributed by atoms with E-state index in [-0.39, 0.29) is 18.6 Å². The molecular formula is C14H16N4O3S. The molecule has 2 aromatic rings. The van der Waals surface area contributed by atoms with E-state index in [1.165, 1.54) is 16.2 Å². The molecule has 8 heteroatoms. The van der Waals surface area contributed by atoms with Crippen LogP contribution in [0.1, 0.15) is 24.5 Å². The Morgan fingerprint density at radius 1 is 1.50 bits per heavy atom. The van der Waals surface area contributed by atoms with Gasteiger partial charge in [0.1, 0.15) is 5.01 Å². The fourth-order valence-electron chi connectivity index (χ4n) is 2.37. The van der Waals surface area contributed by atoms with Crippen LogP contribution >= 0.6 is 11.3 Å². The van der Waals surface area contributed by atoms with E-state index in [0.717, 1.165) is 10.6 Å². The van der Waals surface area contributed by atoms with Gasteiger partial charge in [0.25, 0.3) is 0 Å². The topological polar surface area (TPSA) is 91.0 Å². The Bertz CT molecular complexity index is 743. The number of amides is 1. The third-order valence-corrected chi connectivity index (χ3v) is 4.46. The summed E-state index contributed by atoms with van der Waals surface area (Å²) in [4.78, 5) is 17.5. The van der Waals surface area contributed by atoms with Gasteiger partial charge in [-0.15, -0.1) is 0 Å². The van der Waals surface area contributed by atoms with E-state index < -0.39 is 6.09 Å². The van der Waals surface area contributed by atoms with E-state index in [4.69, 9.17) is 5.11 Å². The number of allylic oxidation sites excluding steroid dienone is 2. The van der Waals surface area contributed by atoms with E-state index in [2.05, 4.69) is 10.1 Å². The van der Waals surface area contributed by atoms with Crippen LogP contribution in [-0.4, -0.2) is 41.8 Å². The first-order valence-electron chi connectivity index (χ1n) is 6.87. The number of imidazole rings is 1. The highest BCUT2D eigenvalue weighted by molar-refractivity contribution is 7.17. The number of hydrogen-bond acceptors (Lipinski definition) is 5. The van der Waals surface area contributed by atoms with E-state index in [9.17, 15) is 9.90 Å². The molecule has 1 aliphatic rings. The Kier molecular flexibility index (Phi) is 3.71. The van der Waals surface area contributed by atoms with E-state index in [1.807, 2.05) is 19.9 Å². The molecule has 0 aliphatic carbocycles. The second-order valence-electron chi connectivity index (χ2n) is 5.39. The minimum absolute atomic E-state index is 0.114. The second-order valence-corrected chi connectivity index (χ2v) is 6.34. The van der Waals surface area contributed by atoms with Crippen molar-refractivity contribution in [3.63, 3.8) is 0 Å². The molecule has 2 N–H and O–H groups in total. The molecule has 0 bridgehead atoms. The SMILES string of the molecule is CC(C)C1C=C(c2nn3cc(CO)nc3s2)C=CN1C(=O)O. The molecule has 2 aromatic heterocycles. The third kappa shape index (κ3) is 2.51. The molecule has 1 atom stereocenters. The summed E-state index contributed by atoms with van der Waals surface area (Å²) in [6, 6.07) is -0.221. The number of carbonyl (C=O) groups is 1. The number of aliphatic hydroxyl groups excluding tert-OH is 1. The van der Waals surface area contributed by atoms with Gasteiger partial charge in [-0.2, -0.15) is 5.10 Å². The summed E-state index contributed by atoms with van der Waals surface area (Å²) in [6.45, 7) is 3.85. The molecule has 22 heavy (non-hydrogen) atoms. The lowest BCUT2D eigenvalue weighted by Crippen LogP contribution is -2.38. The summed E-state index contributed by atoms with van der Waals surface area (Å²) >= 11 is 1.41. The number of aliphatic hydroxyl groups is 1. The third-order valence-electron chi connectivity index (χ3n) is 3.49. The fourth-order valence-corrected chi connectivity index (χ4v) is 3.27. The molecule has 0 fully saturated rings. The first kappa shape index (κ1) is 14.7. The van der Waals surface area contributed by atoms with Crippen molar-refractivity contribution in [3.05, 3.63) is 35.3 Å². The Balaban J connectivity index is 1.95. The lowest BCUT2D eigenvalue weighted by Gasteiger charge is -2.30. The highest BCUT2D eigenvalue weighted by Crippen LogP contribution is 2.29. The maximum atomic E-state index is 11.3. The predicted octanol–water partition coefficient (Wildman–Crippen LogP) is 2.20. The lowest BCUT2D eigenvalue weighted by atomic mass is 9.98. The standard InChI is InChI=1S/C14H16N4O3S/c1-8(2)11-5-9(3-4-17(11)14(20)21)12-16-18-6-10(7-19)15-13(18)22-12/h3-6,8,11,19H,7H2,1-2H3,(H,20,21). The number of nitrogens with zero attached hydrogens (tertiary/aromatic N) is 4. The van der Waals surface area contributed by atoms with Crippen LogP contribution in [0.25, 0.3) is 10.5 Å². The van der Waals surface area contributed by atoms with Gasteiger partial charge < -0.3 is 10.2 Å². The molecule has 0 saturated heterocycles. The Labute approximate surface area is 130 Å². The zero-order valence-electron chi connectivity index (χ0n) is 12.2. The normalized spacial score (nSPS) is 18.3. The van der Waals surface area contributed by atoms with Gasteiger partial charge >= 0.3 is 6.09 Å². The fraction of sp³-hybridized carbons (Fsp3) is 0.357. The van der Waals surface area contributed by atoms with Gasteiger partial charge in [-0.05, 0) is 12.0 Å². The van der Waals surface area contributed by atoms with Gasteiger partial charge in [-0.25, -0.2) is 14.3 Å². The predicted molar refractivity (Wildman–Crippen MR) is 82.4 cm³/mol. The van der Waals surface area contributed by atoms with Crippen molar-refractivity contribution in [2.75, 3.05) is 0 Å². The first-order valence-corrected chi connectivity index (χ1v) is 7.69. The van der Waals surface area contributed by atoms with Crippen molar-refractivity contribution >= 4 is 28.0 Å². The zero-order chi connectivity index (χ0) is 15.9. The summed E-state index contributed by atoms with van der Waals surface area (Å²) in [7, 11) is 0. The van der Waals surface area contributed by atoms with Gasteiger partial charge in [0.05, 0.1) is 24.5 Å². The van der Waals surface area contributed by atoms with Crippen molar-refractivity contribution in [3.8, 4) is 0 Å². The van der Waals surface area contributed by atoms with Gasteiger partial charge in [0.2, 0.25) is 4.96 Å². The smallest absolute Gasteiger partial charge is 0.411 e. The number of carboxylic acid groups (broad SMARTS) is 1. The molecular weight excluding hydrogens is 304 g/mol. The average molecular weight is 320 g/mol. The Hall–Kier alpha value is -2.19. The van der Waals surface area contributed by atoms with E-state index in [0.29, 0.717) is 10.7 Å². The number of rotatable bonds is 3. The van der Waals surface area contributed by atoms with Crippen LogP contribution in [0.3, 0.4) is 0 Å². The van der Waals surface area contributed by atoms with Gasteiger partial charge in [-0.1, -0.05) is 31.3 Å². The number of aromatic nitrogens is 3. The maximum Gasteiger partial charge on any atom is 0.411 e. The Morgan fingerprint density at radius 3 is 2.86 bits per heavy atom. The molecule has 1 amide bonds. The van der Waals surface area contributed by atoms with Crippen molar-refractivity contribution in [1.82, 2.24) is 19.5 Å². The quantitative estimate of drug-likeness (QED) is 0.904. The van der Waals surface area contributed by atoms with Crippen LogP contribution in [0.2, 0.25) is 0 Å². The van der Waals surface area contributed by atoms with Crippen LogP contribution < -0.4 is 0 Å². The molecule has 1 unspecified atom stereocenters.